The molecule has 2 aromatic heterocycles. The van der Waals surface area contributed by atoms with Gasteiger partial charge in [0, 0.05) is 31.5 Å². The van der Waals surface area contributed by atoms with E-state index in [-0.39, 0.29) is 17.8 Å². The second-order valence-electron chi connectivity index (χ2n) is 6.89. The Kier molecular flexibility index (Phi) is 5.33. The van der Waals surface area contributed by atoms with Crippen molar-refractivity contribution in [3.63, 3.8) is 0 Å². The third-order valence-electron chi connectivity index (χ3n) is 4.71. The minimum Gasteiger partial charge on any atom is -0.364 e. The number of imidazole rings is 1. The molecule has 0 aromatic carbocycles. The maximum atomic E-state index is 13.3. The van der Waals surface area contributed by atoms with Gasteiger partial charge in [-0.2, -0.15) is 0 Å². The Balaban J connectivity index is 1.88. The number of hydrogen-bond acceptors (Lipinski definition) is 6. The molecule has 1 unspecified atom stereocenters. The zero-order valence-corrected chi connectivity index (χ0v) is 15.6. The number of piperidine rings is 1. The van der Waals surface area contributed by atoms with Crippen LogP contribution in [0, 0.1) is 16.7 Å². The lowest BCUT2D eigenvalue weighted by Gasteiger charge is -2.36. The van der Waals surface area contributed by atoms with Crippen molar-refractivity contribution >= 4 is 28.7 Å². The summed E-state index contributed by atoms with van der Waals surface area (Å²) in [7, 11) is 0. The van der Waals surface area contributed by atoms with Crippen molar-refractivity contribution in [2.24, 2.45) is 5.92 Å². The number of nitrogens with one attached hydrogen (secondary N) is 3. The molecule has 3 rings (SSSR count). The van der Waals surface area contributed by atoms with Crippen molar-refractivity contribution in [2.45, 2.75) is 52.6 Å². The first-order chi connectivity index (χ1) is 12.8. The molecule has 1 fully saturated rings. The van der Waals surface area contributed by atoms with Crippen LogP contribution in [-0.2, 0) is 6.54 Å². The molecular formula is C17H24F2N8. The quantitative estimate of drug-likeness (QED) is 0.547. The third kappa shape index (κ3) is 3.60. The summed E-state index contributed by atoms with van der Waals surface area (Å²) in [4.78, 5) is 14.1. The predicted octanol–water partition coefficient (Wildman–Crippen LogP) is 3.27. The zero-order valence-electron chi connectivity index (χ0n) is 15.6. The van der Waals surface area contributed by atoms with Gasteiger partial charge in [0.15, 0.2) is 22.8 Å². The van der Waals surface area contributed by atoms with Crippen molar-refractivity contribution in [1.29, 1.82) is 10.8 Å². The maximum Gasteiger partial charge on any atom is 0.295 e. The van der Waals surface area contributed by atoms with Crippen LogP contribution in [0.5, 0.6) is 0 Å². The summed E-state index contributed by atoms with van der Waals surface area (Å²) in [5, 5.41) is 19.6. The number of aromatic nitrogens is 4. The van der Waals surface area contributed by atoms with E-state index < -0.39 is 6.43 Å². The molecule has 1 aliphatic heterocycles. The van der Waals surface area contributed by atoms with E-state index in [4.69, 9.17) is 10.8 Å². The molecular weight excluding hydrogens is 354 g/mol. The van der Waals surface area contributed by atoms with Gasteiger partial charge >= 0.3 is 0 Å². The van der Waals surface area contributed by atoms with Gasteiger partial charge in [0.2, 0.25) is 0 Å². The molecule has 27 heavy (non-hydrogen) atoms. The van der Waals surface area contributed by atoms with E-state index in [2.05, 4.69) is 20.3 Å². The highest BCUT2D eigenvalue weighted by Gasteiger charge is 2.28. The van der Waals surface area contributed by atoms with Crippen LogP contribution >= 0.6 is 0 Å². The fraction of sp³-hybridized carbons (Fsp3) is 0.588. The van der Waals surface area contributed by atoms with E-state index >= 15 is 0 Å². The lowest BCUT2D eigenvalue weighted by atomic mass is 10.0. The summed E-state index contributed by atoms with van der Waals surface area (Å²) >= 11 is 0. The summed E-state index contributed by atoms with van der Waals surface area (Å²) in [6.45, 7) is 6.40. The molecule has 0 radical (unpaired) electrons. The third-order valence-corrected chi connectivity index (χ3v) is 4.71. The second-order valence-corrected chi connectivity index (χ2v) is 6.89. The highest BCUT2D eigenvalue weighted by atomic mass is 19.3. The monoisotopic (exact) mass is 378 g/mol. The normalized spacial score (nSPS) is 18.0. The Bertz CT molecular complexity index is 860. The van der Waals surface area contributed by atoms with E-state index in [9.17, 15) is 8.78 Å². The lowest BCUT2D eigenvalue weighted by Crippen LogP contribution is -2.49. The van der Waals surface area contributed by atoms with Gasteiger partial charge in [-0.05, 0) is 13.3 Å². The van der Waals surface area contributed by atoms with Crippen LogP contribution in [0.25, 0.3) is 11.2 Å². The number of aryl methyl sites for hydroxylation is 1. The Labute approximate surface area is 156 Å². The molecule has 146 valence electrons. The van der Waals surface area contributed by atoms with Crippen molar-refractivity contribution in [2.75, 3.05) is 11.9 Å². The highest BCUT2D eigenvalue weighted by Crippen LogP contribution is 2.27. The van der Waals surface area contributed by atoms with Crippen molar-refractivity contribution < 1.29 is 8.78 Å². The number of hydrogen-bond donors (Lipinski definition) is 3. The lowest BCUT2D eigenvalue weighted by molar-refractivity contribution is 0.136. The molecule has 2 aromatic rings. The van der Waals surface area contributed by atoms with Crippen LogP contribution in [0.2, 0.25) is 0 Å². The first-order valence-corrected chi connectivity index (χ1v) is 9.02. The summed E-state index contributed by atoms with van der Waals surface area (Å²) in [6.07, 6.45) is -0.120. The molecule has 0 spiro atoms. The summed E-state index contributed by atoms with van der Waals surface area (Å²) in [5.41, 5.74) is 0.696. The summed E-state index contributed by atoms with van der Waals surface area (Å²) < 4.78 is 28.0. The van der Waals surface area contributed by atoms with Gasteiger partial charge in [0.1, 0.15) is 18.0 Å². The molecule has 3 N–H and O–H groups in total. The van der Waals surface area contributed by atoms with Gasteiger partial charge in [-0.15, -0.1) is 0 Å². The highest BCUT2D eigenvalue weighted by molar-refractivity contribution is 5.99. The smallest absolute Gasteiger partial charge is 0.295 e. The first kappa shape index (κ1) is 19.1. The Hall–Kier alpha value is -2.65. The van der Waals surface area contributed by atoms with E-state index in [0.29, 0.717) is 54.6 Å². The number of anilines is 1. The van der Waals surface area contributed by atoms with Crippen LogP contribution in [0.3, 0.4) is 0 Å². The molecule has 8 nitrogen and oxygen atoms in total. The molecule has 0 aliphatic carbocycles. The van der Waals surface area contributed by atoms with E-state index in [1.54, 1.807) is 11.8 Å². The van der Waals surface area contributed by atoms with Gasteiger partial charge < -0.3 is 14.8 Å². The van der Waals surface area contributed by atoms with Crippen LogP contribution in [0.1, 0.15) is 45.9 Å². The molecule has 1 atom stereocenters. The number of nitrogens with zero attached hydrogens (tertiary/aromatic N) is 5. The van der Waals surface area contributed by atoms with Crippen LogP contribution < -0.4 is 5.32 Å². The molecule has 10 heteroatoms. The maximum absolute atomic E-state index is 13.3. The minimum absolute atomic E-state index is 0.0173. The van der Waals surface area contributed by atoms with E-state index in [0.717, 1.165) is 0 Å². The number of halogens is 2. The van der Waals surface area contributed by atoms with Crippen LogP contribution in [0.4, 0.5) is 14.6 Å². The topological polar surface area (TPSA) is 107 Å². The minimum atomic E-state index is -2.69. The average Bonchev–Trinajstić information content (AvgIpc) is 3.02. The molecule has 3 heterocycles. The van der Waals surface area contributed by atoms with Gasteiger partial charge in [-0.1, -0.05) is 13.8 Å². The number of likely N-dealkylation sites (tertiary alicyclic amines) is 1. The number of rotatable bonds is 5. The van der Waals surface area contributed by atoms with Crippen molar-refractivity contribution in [3.8, 4) is 0 Å². The van der Waals surface area contributed by atoms with Gasteiger partial charge in [-0.3, -0.25) is 10.8 Å². The number of amidine groups is 2. The Morgan fingerprint density at radius 2 is 2.11 bits per heavy atom. The summed E-state index contributed by atoms with van der Waals surface area (Å²) in [6, 6.07) is -0.0712. The predicted molar refractivity (Wildman–Crippen MR) is 99.6 cm³/mol. The zero-order chi connectivity index (χ0) is 19.7. The number of fused-ring (bicyclic) bond motifs is 1. The van der Waals surface area contributed by atoms with Gasteiger partial charge in [0.05, 0.1) is 0 Å². The van der Waals surface area contributed by atoms with Crippen molar-refractivity contribution in [3.05, 3.63) is 12.2 Å². The fourth-order valence-electron chi connectivity index (χ4n) is 3.27. The number of alkyl halides is 2. The first-order valence-electron chi connectivity index (χ1n) is 9.02. The molecule has 1 saturated heterocycles. The van der Waals surface area contributed by atoms with E-state index in [1.165, 1.54) is 10.9 Å². The van der Waals surface area contributed by atoms with Gasteiger partial charge in [-0.25, -0.2) is 23.7 Å². The Morgan fingerprint density at radius 3 is 2.74 bits per heavy atom. The molecule has 0 bridgehead atoms. The summed E-state index contributed by atoms with van der Waals surface area (Å²) in [5.74, 6) is 0.932. The van der Waals surface area contributed by atoms with Crippen LogP contribution in [0.15, 0.2) is 6.33 Å². The fourth-order valence-corrected chi connectivity index (χ4v) is 3.27. The standard InChI is InChI=1S/C17H24F2N8/c1-4-26-16-12(25-17(26)13(18)19)15(22-8-23-16)24-10-5-6-11(20)27(7-10)14(21)9(2)3/h8-10,13,20-21H,4-7H2,1-3H3,(H,22,23,24). The van der Waals surface area contributed by atoms with Gasteiger partial charge in [0.25, 0.3) is 6.43 Å². The average molecular weight is 378 g/mol. The molecule has 0 amide bonds. The SMILES string of the molecule is CCn1c(C(F)F)nc2c(NC3CCC(=N)N(C(=N)C(C)C)C3)ncnc21. The van der Waals surface area contributed by atoms with Crippen molar-refractivity contribution in [1.82, 2.24) is 24.4 Å². The molecule has 1 aliphatic rings. The second kappa shape index (κ2) is 7.53. The van der Waals surface area contributed by atoms with E-state index in [1.807, 2.05) is 13.8 Å². The molecule has 0 saturated carbocycles. The Morgan fingerprint density at radius 1 is 1.37 bits per heavy atom. The van der Waals surface area contributed by atoms with Crippen LogP contribution in [-0.4, -0.2) is 48.7 Å². The largest absolute Gasteiger partial charge is 0.364 e.